The quantitative estimate of drug-likeness (QED) is 0.470. The molecule has 32 heavy (non-hydrogen) atoms. The molecule has 1 amide bonds. The maximum absolute atomic E-state index is 13.2. The normalized spacial score (nSPS) is 17.9. The monoisotopic (exact) mass is 493 g/mol. The number of fused-ring (bicyclic) bond motifs is 1. The number of thiazole rings is 1. The molecule has 1 fully saturated rings. The molecule has 1 aromatic heterocycles. The first-order chi connectivity index (χ1) is 15.4. The highest BCUT2D eigenvalue weighted by Crippen LogP contribution is 2.27. The fourth-order valence-electron chi connectivity index (χ4n) is 3.81. The zero-order chi connectivity index (χ0) is 22.7. The Hall–Kier alpha value is -2.04. The number of carbonyl (C=O) groups excluding carboxylic acids is 1. The largest absolute Gasteiger partial charge is 0.380 e. The summed E-state index contributed by atoms with van der Waals surface area (Å²) in [5.74, 6) is -0.447. The van der Waals surface area contributed by atoms with Gasteiger partial charge in [0.05, 0.1) is 21.7 Å². The zero-order valence-electron chi connectivity index (χ0n) is 17.6. The molecule has 7 nitrogen and oxygen atoms in total. The van der Waals surface area contributed by atoms with Crippen molar-refractivity contribution in [3.63, 3.8) is 0 Å². The summed E-state index contributed by atoms with van der Waals surface area (Å²) in [4.78, 5) is 18.2. The second-order valence-corrected chi connectivity index (χ2v) is 10.7. The Morgan fingerprint density at radius 2 is 1.97 bits per heavy atom. The third-order valence-electron chi connectivity index (χ3n) is 5.37. The number of rotatable bonds is 7. The topological polar surface area (TPSA) is 81.0 Å². The Morgan fingerprint density at radius 3 is 2.72 bits per heavy atom. The molecule has 1 unspecified atom stereocenters. The summed E-state index contributed by atoms with van der Waals surface area (Å²) in [6.45, 7) is 3.88. The molecule has 2 heterocycles. The number of para-hydroxylation sites is 1. The molecule has 4 rings (SSSR count). The average Bonchev–Trinajstić information content (AvgIpc) is 3.40. The number of amides is 1. The van der Waals surface area contributed by atoms with Gasteiger partial charge < -0.3 is 9.30 Å². The molecule has 1 atom stereocenters. The number of aromatic nitrogens is 1. The third-order valence-corrected chi connectivity index (χ3v) is 8.60. The van der Waals surface area contributed by atoms with E-state index < -0.39 is 22.0 Å². The van der Waals surface area contributed by atoms with Crippen LogP contribution in [-0.4, -0.2) is 49.0 Å². The van der Waals surface area contributed by atoms with Gasteiger partial charge >= 0.3 is 0 Å². The van der Waals surface area contributed by atoms with Gasteiger partial charge in [0, 0.05) is 24.7 Å². The summed E-state index contributed by atoms with van der Waals surface area (Å²) < 4.78 is 36.1. The first kappa shape index (κ1) is 23.1. The molecule has 10 heteroatoms. The second kappa shape index (κ2) is 9.84. The van der Waals surface area contributed by atoms with Gasteiger partial charge in [0.1, 0.15) is 6.04 Å². The summed E-state index contributed by atoms with van der Waals surface area (Å²) in [5, 5.41) is 0.453. The molecule has 0 bridgehead atoms. The molecule has 1 saturated heterocycles. The molecule has 0 radical (unpaired) electrons. The van der Waals surface area contributed by atoms with Gasteiger partial charge in [-0.15, -0.1) is 0 Å². The Kier molecular flexibility index (Phi) is 7.11. The lowest BCUT2D eigenvalue weighted by molar-refractivity contribution is -0.121. The fourth-order valence-corrected chi connectivity index (χ4v) is 6.65. The molecule has 2 aromatic carbocycles. The van der Waals surface area contributed by atoms with Crippen LogP contribution >= 0.6 is 22.9 Å². The van der Waals surface area contributed by atoms with Crippen molar-refractivity contribution in [3.8, 4) is 0 Å². The van der Waals surface area contributed by atoms with Crippen LogP contribution in [0.15, 0.2) is 58.4 Å². The van der Waals surface area contributed by atoms with Crippen molar-refractivity contribution in [2.24, 2.45) is 4.99 Å². The zero-order valence-corrected chi connectivity index (χ0v) is 20.0. The molecular formula is C22H24ClN3O4S2. The molecule has 3 aromatic rings. The Balaban J connectivity index is 1.67. The van der Waals surface area contributed by atoms with Crippen LogP contribution in [0.2, 0.25) is 5.02 Å². The van der Waals surface area contributed by atoms with Crippen molar-refractivity contribution in [3.05, 3.63) is 58.4 Å². The van der Waals surface area contributed by atoms with Crippen molar-refractivity contribution < 1.29 is 17.9 Å². The molecule has 170 valence electrons. The van der Waals surface area contributed by atoms with E-state index >= 15 is 0 Å². The predicted molar refractivity (Wildman–Crippen MR) is 125 cm³/mol. The van der Waals surface area contributed by atoms with Crippen LogP contribution in [0.1, 0.15) is 19.8 Å². The number of halogens is 1. The molecule has 1 aliphatic rings. The molecule has 0 spiro atoms. The first-order valence-electron chi connectivity index (χ1n) is 10.4. The number of benzene rings is 2. The van der Waals surface area contributed by atoms with Gasteiger partial charge in [-0.1, -0.05) is 35.1 Å². The maximum Gasteiger partial charge on any atom is 0.266 e. The van der Waals surface area contributed by atoms with Crippen molar-refractivity contribution in [2.45, 2.75) is 37.2 Å². The van der Waals surface area contributed by atoms with Gasteiger partial charge in [-0.05, 0) is 56.2 Å². The summed E-state index contributed by atoms with van der Waals surface area (Å²) in [6, 6.07) is 13.0. The summed E-state index contributed by atoms with van der Waals surface area (Å²) in [5.41, 5.74) is 0.973. The molecule has 0 saturated carbocycles. The van der Waals surface area contributed by atoms with Crippen LogP contribution in [0.3, 0.4) is 0 Å². The molecule has 0 aliphatic carbocycles. The highest BCUT2D eigenvalue weighted by atomic mass is 35.5. The highest BCUT2D eigenvalue weighted by Gasteiger charge is 2.39. The minimum Gasteiger partial charge on any atom is -0.380 e. The lowest BCUT2D eigenvalue weighted by Gasteiger charge is -2.21. The van der Waals surface area contributed by atoms with E-state index in [9.17, 15) is 13.2 Å². The van der Waals surface area contributed by atoms with E-state index in [1.165, 1.54) is 39.9 Å². The van der Waals surface area contributed by atoms with Crippen molar-refractivity contribution >= 4 is 49.1 Å². The standard InChI is InChI=1S/C22H24ClN3O4S2/c1-2-30-15-14-25-18-6-3-4-8-20(18)31-22(25)24-21(27)19-7-5-13-26(19)32(28,29)17-11-9-16(23)10-12-17/h3-4,6,8-12,19H,2,5,7,13-15H2,1H3. The predicted octanol–water partition coefficient (Wildman–Crippen LogP) is 3.67. The van der Waals surface area contributed by atoms with Crippen LogP contribution in [0, 0.1) is 0 Å². The van der Waals surface area contributed by atoms with E-state index in [4.69, 9.17) is 16.3 Å². The number of sulfonamides is 1. The lowest BCUT2D eigenvalue weighted by Crippen LogP contribution is -2.40. The van der Waals surface area contributed by atoms with E-state index in [-0.39, 0.29) is 11.4 Å². The van der Waals surface area contributed by atoms with Gasteiger partial charge in [0.2, 0.25) is 10.0 Å². The van der Waals surface area contributed by atoms with E-state index in [1.54, 1.807) is 0 Å². The molecule has 1 aliphatic heterocycles. The molecule has 0 N–H and O–H groups in total. The maximum atomic E-state index is 13.2. The fraction of sp³-hybridized carbons (Fsp3) is 0.364. The SMILES string of the molecule is CCOCCn1c(=NC(=O)C2CCCN2S(=O)(=O)c2ccc(Cl)cc2)sc2ccccc21. The summed E-state index contributed by atoms with van der Waals surface area (Å²) in [7, 11) is -3.82. The van der Waals surface area contributed by atoms with Crippen LogP contribution in [0.5, 0.6) is 0 Å². The summed E-state index contributed by atoms with van der Waals surface area (Å²) >= 11 is 7.31. The third kappa shape index (κ3) is 4.67. The highest BCUT2D eigenvalue weighted by molar-refractivity contribution is 7.89. The average molecular weight is 494 g/mol. The van der Waals surface area contributed by atoms with Crippen LogP contribution < -0.4 is 4.80 Å². The number of hydrogen-bond donors (Lipinski definition) is 0. The number of nitrogens with zero attached hydrogens (tertiary/aromatic N) is 3. The Labute approximate surface area is 196 Å². The Morgan fingerprint density at radius 1 is 1.22 bits per heavy atom. The number of ether oxygens (including phenoxy) is 1. The molecular weight excluding hydrogens is 470 g/mol. The van der Waals surface area contributed by atoms with Crippen LogP contribution in [0.25, 0.3) is 10.2 Å². The first-order valence-corrected chi connectivity index (χ1v) is 13.1. The van der Waals surface area contributed by atoms with Crippen molar-refractivity contribution in [1.82, 2.24) is 8.87 Å². The van der Waals surface area contributed by atoms with Gasteiger partial charge in [0.25, 0.3) is 5.91 Å². The number of carbonyl (C=O) groups is 1. The second-order valence-electron chi connectivity index (χ2n) is 7.38. The van der Waals surface area contributed by atoms with Crippen LogP contribution in [0.4, 0.5) is 0 Å². The van der Waals surface area contributed by atoms with Gasteiger partial charge in [-0.2, -0.15) is 9.30 Å². The summed E-state index contributed by atoms with van der Waals surface area (Å²) in [6.07, 6.45) is 1.05. The van der Waals surface area contributed by atoms with Crippen molar-refractivity contribution in [1.29, 1.82) is 0 Å². The van der Waals surface area contributed by atoms with E-state index in [0.29, 0.717) is 42.4 Å². The minimum absolute atomic E-state index is 0.121. The minimum atomic E-state index is -3.82. The van der Waals surface area contributed by atoms with E-state index in [2.05, 4.69) is 4.99 Å². The van der Waals surface area contributed by atoms with Gasteiger partial charge in [0.15, 0.2) is 4.80 Å². The Bertz CT molecular complexity index is 1280. The van der Waals surface area contributed by atoms with Gasteiger partial charge in [-0.25, -0.2) is 8.42 Å². The smallest absolute Gasteiger partial charge is 0.266 e. The van der Waals surface area contributed by atoms with Crippen molar-refractivity contribution in [2.75, 3.05) is 19.8 Å². The lowest BCUT2D eigenvalue weighted by atomic mass is 10.2. The number of hydrogen-bond acceptors (Lipinski definition) is 5. The van der Waals surface area contributed by atoms with Gasteiger partial charge in [-0.3, -0.25) is 4.79 Å². The van der Waals surface area contributed by atoms with Crippen LogP contribution in [-0.2, 0) is 26.1 Å². The van der Waals surface area contributed by atoms with E-state index in [1.807, 2.05) is 35.8 Å². The van der Waals surface area contributed by atoms with E-state index in [0.717, 1.165) is 10.2 Å².